The van der Waals surface area contributed by atoms with Gasteiger partial charge >= 0.3 is 0 Å². The van der Waals surface area contributed by atoms with Crippen molar-refractivity contribution in [2.24, 2.45) is 5.92 Å². The third kappa shape index (κ3) is 2.98. The van der Waals surface area contributed by atoms with E-state index in [9.17, 15) is 4.79 Å². The molecular formula is C22H27NO2. The molecule has 3 nitrogen and oxygen atoms in total. The number of benzene rings is 2. The first-order valence-electron chi connectivity index (χ1n) is 9.03. The van der Waals surface area contributed by atoms with Crippen LogP contribution in [-0.4, -0.2) is 37.1 Å². The van der Waals surface area contributed by atoms with Gasteiger partial charge in [-0.25, -0.2) is 0 Å². The van der Waals surface area contributed by atoms with Crippen LogP contribution in [0.2, 0.25) is 0 Å². The van der Waals surface area contributed by atoms with Gasteiger partial charge in [0.2, 0.25) is 5.91 Å². The zero-order valence-electron chi connectivity index (χ0n) is 15.3. The molecule has 1 aliphatic heterocycles. The van der Waals surface area contributed by atoms with E-state index in [-0.39, 0.29) is 17.9 Å². The van der Waals surface area contributed by atoms with Gasteiger partial charge in [0.25, 0.3) is 0 Å². The van der Waals surface area contributed by atoms with Gasteiger partial charge in [0.1, 0.15) is 5.41 Å². The van der Waals surface area contributed by atoms with Crippen molar-refractivity contribution >= 4 is 5.91 Å². The van der Waals surface area contributed by atoms with Crippen LogP contribution in [0.5, 0.6) is 0 Å². The summed E-state index contributed by atoms with van der Waals surface area (Å²) in [6.07, 6.45) is 0.856. The van der Waals surface area contributed by atoms with E-state index in [2.05, 4.69) is 38.1 Å². The van der Waals surface area contributed by atoms with E-state index in [1.54, 1.807) is 7.11 Å². The lowest BCUT2D eigenvalue weighted by Gasteiger charge is -2.34. The van der Waals surface area contributed by atoms with Crippen LogP contribution in [0.25, 0.3) is 0 Å². The minimum Gasteiger partial charge on any atom is -0.385 e. The van der Waals surface area contributed by atoms with E-state index in [4.69, 9.17) is 4.74 Å². The number of methoxy groups -OCH3 is 1. The van der Waals surface area contributed by atoms with Gasteiger partial charge in [-0.2, -0.15) is 0 Å². The monoisotopic (exact) mass is 337 g/mol. The van der Waals surface area contributed by atoms with Crippen LogP contribution in [0, 0.1) is 5.92 Å². The van der Waals surface area contributed by atoms with Crippen LogP contribution in [0.3, 0.4) is 0 Å². The van der Waals surface area contributed by atoms with Gasteiger partial charge < -0.3 is 9.64 Å². The minimum absolute atomic E-state index is 0.187. The Labute approximate surface area is 150 Å². The highest BCUT2D eigenvalue weighted by molar-refractivity contribution is 5.95. The lowest BCUT2D eigenvalue weighted by molar-refractivity contribution is -0.132. The van der Waals surface area contributed by atoms with Crippen molar-refractivity contribution in [2.45, 2.75) is 31.7 Å². The fraction of sp³-hybridized carbons (Fsp3) is 0.409. The van der Waals surface area contributed by atoms with Crippen molar-refractivity contribution in [3.63, 3.8) is 0 Å². The fourth-order valence-electron chi connectivity index (χ4n) is 4.16. The molecule has 2 aromatic carbocycles. The largest absolute Gasteiger partial charge is 0.385 e. The Morgan fingerprint density at radius 3 is 2.00 bits per heavy atom. The van der Waals surface area contributed by atoms with E-state index in [1.807, 2.05) is 41.3 Å². The van der Waals surface area contributed by atoms with E-state index in [1.165, 1.54) is 0 Å². The molecule has 0 spiro atoms. The maximum absolute atomic E-state index is 13.7. The number of carbonyl (C=O) groups excluding carboxylic acids is 1. The van der Waals surface area contributed by atoms with Gasteiger partial charge in [0.15, 0.2) is 0 Å². The van der Waals surface area contributed by atoms with Crippen LogP contribution in [0.15, 0.2) is 60.7 Å². The van der Waals surface area contributed by atoms with Crippen LogP contribution in [0.1, 0.15) is 31.4 Å². The first kappa shape index (κ1) is 17.7. The van der Waals surface area contributed by atoms with Crippen molar-refractivity contribution in [1.29, 1.82) is 0 Å². The van der Waals surface area contributed by atoms with Gasteiger partial charge in [0, 0.05) is 32.2 Å². The van der Waals surface area contributed by atoms with Gasteiger partial charge in [-0.15, -0.1) is 0 Å². The number of ether oxygens (including phenoxy) is 1. The predicted molar refractivity (Wildman–Crippen MR) is 100 cm³/mol. The second kappa shape index (κ2) is 7.40. The molecule has 0 radical (unpaired) electrons. The number of carbonyl (C=O) groups is 1. The normalized spacial score (nSPS) is 19.6. The summed E-state index contributed by atoms with van der Waals surface area (Å²) in [5.41, 5.74) is 1.52. The quantitative estimate of drug-likeness (QED) is 0.801. The van der Waals surface area contributed by atoms with E-state index in [0.717, 1.165) is 24.1 Å². The number of hydrogen-bond acceptors (Lipinski definition) is 2. The number of hydrogen-bond donors (Lipinski definition) is 0. The van der Waals surface area contributed by atoms with Crippen molar-refractivity contribution < 1.29 is 9.53 Å². The molecule has 132 valence electrons. The third-order valence-corrected chi connectivity index (χ3v) is 5.38. The lowest BCUT2D eigenvalue weighted by atomic mass is 9.66. The summed E-state index contributed by atoms with van der Waals surface area (Å²) < 4.78 is 5.37. The molecule has 0 aliphatic carbocycles. The van der Waals surface area contributed by atoms with Gasteiger partial charge in [-0.3, -0.25) is 4.79 Å². The fourth-order valence-corrected chi connectivity index (χ4v) is 4.16. The maximum atomic E-state index is 13.7. The van der Waals surface area contributed by atoms with Crippen LogP contribution in [-0.2, 0) is 14.9 Å². The lowest BCUT2D eigenvalue weighted by Crippen LogP contribution is -2.43. The average molecular weight is 337 g/mol. The molecule has 3 rings (SSSR count). The highest BCUT2D eigenvalue weighted by atomic mass is 16.5. The zero-order valence-corrected chi connectivity index (χ0v) is 15.3. The summed E-state index contributed by atoms with van der Waals surface area (Å²) in [6.45, 7) is 5.61. The Morgan fingerprint density at radius 2 is 1.56 bits per heavy atom. The maximum Gasteiger partial charge on any atom is 0.238 e. The average Bonchev–Trinajstić information content (AvgIpc) is 2.95. The first-order valence-corrected chi connectivity index (χ1v) is 9.03. The molecule has 1 aliphatic rings. The third-order valence-electron chi connectivity index (χ3n) is 5.38. The van der Waals surface area contributed by atoms with Crippen molar-refractivity contribution in [2.75, 3.05) is 20.3 Å². The summed E-state index contributed by atoms with van der Waals surface area (Å²) >= 11 is 0. The molecule has 1 saturated heterocycles. The summed E-state index contributed by atoms with van der Waals surface area (Å²) in [4.78, 5) is 15.8. The minimum atomic E-state index is -0.634. The standard InChI is InChI=1S/C22H27NO2/c1-17(2)23-16-20(14-15-25-3)22(21(23)24,18-10-6-4-7-11-18)19-12-8-5-9-13-19/h4-13,17,20H,14-16H2,1-3H3. The van der Waals surface area contributed by atoms with Gasteiger partial charge in [-0.05, 0) is 31.4 Å². The molecule has 1 amide bonds. The molecule has 0 bridgehead atoms. The highest BCUT2D eigenvalue weighted by Crippen LogP contribution is 2.47. The summed E-state index contributed by atoms with van der Waals surface area (Å²) in [5.74, 6) is 0.396. The van der Waals surface area contributed by atoms with Crippen molar-refractivity contribution in [3.8, 4) is 0 Å². The molecule has 0 saturated carbocycles. The van der Waals surface area contributed by atoms with Crippen LogP contribution in [0.4, 0.5) is 0 Å². The van der Waals surface area contributed by atoms with Crippen molar-refractivity contribution in [1.82, 2.24) is 4.90 Å². The molecule has 0 aromatic heterocycles. The molecule has 1 fully saturated rings. The molecule has 1 unspecified atom stereocenters. The second-order valence-corrected chi connectivity index (χ2v) is 7.07. The van der Waals surface area contributed by atoms with E-state index >= 15 is 0 Å². The second-order valence-electron chi connectivity index (χ2n) is 7.07. The Bertz CT molecular complexity index is 657. The van der Waals surface area contributed by atoms with Gasteiger partial charge in [-0.1, -0.05) is 60.7 Å². The topological polar surface area (TPSA) is 29.5 Å². The zero-order chi connectivity index (χ0) is 17.9. The summed E-state index contributed by atoms with van der Waals surface area (Å²) in [6, 6.07) is 20.7. The molecule has 2 aromatic rings. The van der Waals surface area contributed by atoms with E-state index < -0.39 is 5.41 Å². The molecule has 1 heterocycles. The smallest absolute Gasteiger partial charge is 0.238 e. The van der Waals surface area contributed by atoms with Crippen LogP contribution < -0.4 is 0 Å². The van der Waals surface area contributed by atoms with Crippen LogP contribution >= 0.6 is 0 Å². The Morgan fingerprint density at radius 1 is 1.04 bits per heavy atom. The predicted octanol–water partition coefficient (Wildman–Crippen LogP) is 3.88. The molecule has 25 heavy (non-hydrogen) atoms. The Balaban J connectivity index is 2.21. The molecule has 1 atom stereocenters. The number of likely N-dealkylation sites (tertiary alicyclic amines) is 1. The number of amides is 1. The highest BCUT2D eigenvalue weighted by Gasteiger charge is 2.56. The Hall–Kier alpha value is -2.13. The molecule has 0 N–H and O–H groups in total. The van der Waals surface area contributed by atoms with Gasteiger partial charge in [0.05, 0.1) is 0 Å². The number of rotatable bonds is 6. The summed E-state index contributed by atoms with van der Waals surface area (Å²) in [7, 11) is 1.73. The Kier molecular flexibility index (Phi) is 5.24. The van der Waals surface area contributed by atoms with Crippen molar-refractivity contribution in [3.05, 3.63) is 71.8 Å². The SMILES string of the molecule is COCCC1CN(C(C)C)C(=O)C1(c1ccccc1)c1ccccc1. The molecular weight excluding hydrogens is 310 g/mol. The number of nitrogens with zero attached hydrogens (tertiary/aromatic N) is 1. The first-order chi connectivity index (χ1) is 12.1. The molecule has 3 heteroatoms. The van der Waals surface area contributed by atoms with E-state index in [0.29, 0.717) is 6.61 Å². The summed E-state index contributed by atoms with van der Waals surface area (Å²) in [5, 5.41) is 0.